The van der Waals surface area contributed by atoms with Crippen LogP contribution in [-0.4, -0.2) is 52.3 Å². The Morgan fingerprint density at radius 3 is 1.88 bits per heavy atom. The van der Waals surface area contributed by atoms with E-state index < -0.39 is 11.9 Å². The number of esters is 2. The molecule has 1 amide bonds. The Hall–Kier alpha value is -3.23. The number of halogens is 2. The molecule has 58 heavy (non-hydrogen) atoms. The fraction of sp³-hybridized carbons (Fsp3) is 0.646. The molecule has 2 aromatic rings. The SMILES string of the molecule is COC(=O)c1cc(C(=CC(=O)NC2CC[C@@]3(C)C(CC[C@H]4[C@@H]5CC[C@H]([C@H](C)CCCC(C)C)[C@@]5(C)CC[C@@H]43)C2)c2cc(Cl)c(OC)c(C(=O)OC)c2)cc(Cl)c1OC. The summed E-state index contributed by atoms with van der Waals surface area (Å²) in [7, 11) is 5.37. The van der Waals surface area contributed by atoms with Crippen molar-refractivity contribution in [2.24, 2.45) is 52.3 Å². The summed E-state index contributed by atoms with van der Waals surface area (Å²) < 4.78 is 21.0. The van der Waals surface area contributed by atoms with Gasteiger partial charge in [-0.15, -0.1) is 0 Å². The number of fused-ring (bicyclic) bond motifs is 5. The van der Waals surface area contributed by atoms with Crippen molar-refractivity contribution in [3.63, 3.8) is 0 Å². The first kappa shape index (κ1) is 44.3. The number of carbonyl (C=O) groups excluding carboxylic acids is 3. The van der Waals surface area contributed by atoms with Crippen molar-refractivity contribution in [1.29, 1.82) is 0 Å². The number of nitrogens with one attached hydrogen (secondary N) is 1. The fourth-order valence-corrected chi connectivity index (χ4v) is 13.1. The van der Waals surface area contributed by atoms with Crippen molar-refractivity contribution in [3.05, 3.63) is 62.6 Å². The Bertz CT molecular complexity index is 1820. The maximum atomic E-state index is 14.2. The number of amides is 1. The minimum Gasteiger partial charge on any atom is -0.494 e. The maximum absolute atomic E-state index is 14.2. The molecule has 318 valence electrons. The molecule has 4 aliphatic carbocycles. The Morgan fingerprint density at radius 2 is 1.33 bits per heavy atom. The molecule has 0 spiro atoms. The molecule has 0 heterocycles. The van der Waals surface area contributed by atoms with E-state index in [1.807, 2.05) is 0 Å². The predicted molar refractivity (Wildman–Crippen MR) is 231 cm³/mol. The molecule has 8 nitrogen and oxygen atoms in total. The second-order valence-corrected chi connectivity index (χ2v) is 19.6. The lowest BCUT2D eigenvalue weighted by atomic mass is 9.44. The van der Waals surface area contributed by atoms with Crippen LogP contribution in [0.3, 0.4) is 0 Å². The van der Waals surface area contributed by atoms with Crippen LogP contribution in [0.5, 0.6) is 11.5 Å². The third kappa shape index (κ3) is 8.53. The van der Waals surface area contributed by atoms with E-state index >= 15 is 0 Å². The van der Waals surface area contributed by atoms with Crippen LogP contribution in [0.15, 0.2) is 30.3 Å². The topological polar surface area (TPSA) is 100 Å². The lowest BCUT2D eigenvalue weighted by Crippen LogP contribution is -2.55. The van der Waals surface area contributed by atoms with Crippen LogP contribution in [0, 0.1) is 52.3 Å². The molecule has 0 saturated heterocycles. The smallest absolute Gasteiger partial charge is 0.341 e. The molecule has 0 aliphatic heterocycles. The van der Waals surface area contributed by atoms with Crippen LogP contribution in [0.25, 0.3) is 5.57 Å². The van der Waals surface area contributed by atoms with Crippen molar-refractivity contribution in [3.8, 4) is 11.5 Å². The highest BCUT2D eigenvalue weighted by Gasteiger charge is 2.60. The van der Waals surface area contributed by atoms with Crippen LogP contribution < -0.4 is 14.8 Å². The monoisotopic (exact) mass is 837 g/mol. The summed E-state index contributed by atoms with van der Waals surface area (Å²) in [6, 6.07) is 6.37. The van der Waals surface area contributed by atoms with Crippen molar-refractivity contribution in [2.45, 2.75) is 118 Å². The molecule has 0 bridgehead atoms. The molecule has 10 heteroatoms. The molecule has 2 unspecified atom stereocenters. The molecule has 4 saturated carbocycles. The van der Waals surface area contributed by atoms with Gasteiger partial charge in [0, 0.05) is 12.1 Å². The van der Waals surface area contributed by atoms with Crippen molar-refractivity contribution in [1.82, 2.24) is 5.32 Å². The molecule has 0 aromatic heterocycles. The second-order valence-electron chi connectivity index (χ2n) is 18.8. The third-order valence-corrected chi connectivity index (χ3v) is 16.0. The Kier molecular flexibility index (Phi) is 13.9. The lowest BCUT2D eigenvalue weighted by Gasteiger charge is -2.61. The minimum absolute atomic E-state index is 0.0196. The Balaban J connectivity index is 1.23. The van der Waals surface area contributed by atoms with Crippen molar-refractivity contribution < 1.29 is 33.3 Å². The summed E-state index contributed by atoms with van der Waals surface area (Å²) >= 11 is 13.3. The molecule has 4 aliphatic rings. The van der Waals surface area contributed by atoms with Gasteiger partial charge in [0.2, 0.25) is 5.91 Å². The Labute approximate surface area is 356 Å². The van der Waals surface area contributed by atoms with E-state index in [0.29, 0.717) is 28.0 Å². The fourth-order valence-electron chi connectivity index (χ4n) is 12.6. The first-order valence-corrected chi connectivity index (χ1v) is 22.3. The summed E-state index contributed by atoms with van der Waals surface area (Å²) in [5.41, 5.74) is 2.16. The van der Waals surface area contributed by atoms with Gasteiger partial charge in [-0.3, -0.25) is 4.79 Å². The van der Waals surface area contributed by atoms with Gasteiger partial charge in [0.15, 0.2) is 11.5 Å². The van der Waals surface area contributed by atoms with Gasteiger partial charge in [-0.2, -0.15) is 0 Å². The number of rotatable bonds is 13. The van der Waals surface area contributed by atoms with Crippen LogP contribution in [0.4, 0.5) is 0 Å². The number of hydrogen-bond donors (Lipinski definition) is 1. The van der Waals surface area contributed by atoms with Crippen LogP contribution >= 0.6 is 23.2 Å². The van der Waals surface area contributed by atoms with E-state index in [2.05, 4.69) is 39.9 Å². The number of ether oxygens (including phenoxy) is 4. The molecule has 0 radical (unpaired) electrons. The van der Waals surface area contributed by atoms with Gasteiger partial charge in [0.1, 0.15) is 11.1 Å². The normalized spacial score (nSPS) is 29.3. The van der Waals surface area contributed by atoms with Gasteiger partial charge in [0.05, 0.1) is 38.5 Å². The summed E-state index contributed by atoms with van der Waals surface area (Å²) in [6.07, 6.45) is 16.5. The number of methoxy groups -OCH3 is 4. The van der Waals surface area contributed by atoms with Gasteiger partial charge in [-0.05, 0) is 151 Å². The molecule has 2 aromatic carbocycles. The molecule has 4 fully saturated rings. The molecule has 6 rings (SSSR count). The molecule has 1 N–H and O–H groups in total. The highest BCUT2D eigenvalue weighted by molar-refractivity contribution is 6.33. The quantitative estimate of drug-likeness (QED) is 0.158. The van der Waals surface area contributed by atoms with Gasteiger partial charge in [0.25, 0.3) is 0 Å². The highest BCUT2D eigenvalue weighted by atomic mass is 35.5. The average molecular weight is 839 g/mol. The summed E-state index contributed by atoms with van der Waals surface area (Å²) in [5.74, 6) is 4.06. The van der Waals surface area contributed by atoms with Crippen LogP contribution in [-0.2, 0) is 14.3 Å². The van der Waals surface area contributed by atoms with E-state index in [-0.39, 0.29) is 50.0 Å². The van der Waals surface area contributed by atoms with E-state index in [1.165, 1.54) is 92.3 Å². The molecule has 9 atom stereocenters. The maximum Gasteiger partial charge on any atom is 0.341 e. The first-order chi connectivity index (χ1) is 27.6. The number of benzene rings is 2. The van der Waals surface area contributed by atoms with Gasteiger partial charge in [-0.25, -0.2) is 9.59 Å². The van der Waals surface area contributed by atoms with E-state index in [1.54, 1.807) is 24.3 Å². The van der Waals surface area contributed by atoms with E-state index in [4.69, 9.17) is 42.1 Å². The molecular formula is C48H65Cl2NO7. The van der Waals surface area contributed by atoms with E-state index in [9.17, 15) is 14.4 Å². The summed E-state index contributed by atoms with van der Waals surface area (Å²) in [5, 5.41) is 3.65. The second kappa shape index (κ2) is 18.2. The number of carbonyl (C=O) groups is 3. The summed E-state index contributed by atoms with van der Waals surface area (Å²) in [4.78, 5) is 40.0. The zero-order valence-corrected chi connectivity index (χ0v) is 37.6. The van der Waals surface area contributed by atoms with Gasteiger partial charge in [-0.1, -0.05) is 77.1 Å². The van der Waals surface area contributed by atoms with Crippen molar-refractivity contribution in [2.75, 3.05) is 28.4 Å². The number of hydrogen-bond acceptors (Lipinski definition) is 7. The summed E-state index contributed by atoms with van der Waals surface area (Å²) in [6.45, 7) is 12.5. The van der Waals surface area contributed by atoms with Crippen LogP contribution in [0.1, 0.15) is 144 Å². The Morgan fingerprint density at radius 1 is 0.759 bits per heavy atom. The zero-order chi connectivity index (χ0) is 42.1. The third-order valence-electron chi connectivity index (χ3n) is 15.4. The van der Waals surface area contributed by atoms with Gasteiger partial charge < -0.3 is 24.3 Å². The van der Waals surface area contributed by atoms with Crippen LogP contribution in [0.2, 0.25) is 10.0 Å². The van der Waals surface area contributed by atoms with Gasteiger partial charge >= 0.3 is 11.9 Å². The molecular weight excluding hydrogens is 773 g/mol. The zero-order valence-electron chi connectivity index (χ0n) is 36.1. The lowest BCUT2D eigenvalue weighted by molar-refractivity contribution is -0.125. The first-order valence-electron chi connectivity index (χ1n) is 21.5. The largest absolute Gasteiger partial charge is 0.494 e. The highest BCUT2D eigenvalue weighted by Crippen LogP contribution is 2.68. The predicted octanol–water partition coefficient (Wildman–Crippen LogP) is 11.6. The van der Waals surface area contributed by atoms with Crippen molar-refractivity contribution >= 4 is 46.6 Å². The standard InChI is InChI=1S/C48H65Cl2NO7/c1-27(2)11-10-12-28(3)37-15-16-38-33-14-13-31-25-32(17-19-47(31,4)39(33)18-20-48(37,38)5)51-42(52)26-34(29-21-35(45(53)57-8)43(55-6)40(49)23-29)30-22-36(46(54)58-9)44(56-7)41(50)24-30/h21-24,26-28,31-33,37-39H,10-20,25H2,1-9H3,(H,51,52)/t28-,31?,32?,33+,37-,38+,39+,47+,48-/m1/s1. The average Bonchev–Trinajstić information content (AvgIpc) is 3.56. The minimum atomic E-state index is -0.658. The van der Waals surface area contributed by atoms with E-state index in [0.717, 1.165) is 54.8 Å².